The van der Waals surface area contributed by atoms with Gasteiger partial charge in [-0.15, -0.1) is 0 Å². The summed E-state index contributed by atoms with van der Waals surface area (Å²) >= 11 is 0. The molecule has 4 rings (SSSR count). The van der Waals surface area contributed by atoms with Gasteiger partial charge in [0.2, 0.25) is 0 Å². The van der Waals surface area contributed by atoms with E-state index in [1.807, 2.05) is 12.4 Å². The third kappa shape index (κ3) is 3.11. The highest BCUT2D eigenvalue weighted by atomic mass is 15.3. The van der Waals surface area contributed by atoms with Crippen LogP contribution in [0.2, 0.25) is 0 Å². The van der Waals surface area contributed by atoms with E-state index in [9.17, 15) is 0 Å². The van der Waals surface area contributed by atoms with Crippen LogP contribution in [0.3, 0.4) is 0 Å². The highest BCUT2D eigenvalue weighted by molar-refractivity contribution is 5.41. The Morgan fingerprint density at radius 2 is 1.71 bits per heavy atom. The molecule has 2 fully saturated rings. The molecule has 2 aliphatic rings. The predicted molar refractivity (Wildman–Crippen MR) is 92.6 cm³/mol. The number of rotatable bonds is 4. The van der Waals surface area contributed by atoms with Gasteiger partial charge < -0.3 is 4.90 Å². The first-order valence-corrected chi connectivity index (χ1v) is 8.72. The quantitative estimate of drug-likeness (QED) is 0.857. The van der Waals surface area contributed by atoms with Crippen LogP contribution in [-0.4, -0.2) is 51.0 Å². The lowest BCUT2D eigenvalue weighted by Crippen LogP contribution is -2.29. The smallest absolute Gasteiger partial charge is 0.132 e. The minimum absolute atomic E-state index is 0.442. The zero-order valence-corrected chi connectivity index (χ0v) is 14.3. The van der Waals surface area contributed by atoms with Crippen LogP contribution in [-0.2, 0) is 6.54 Å². The normalized spacial score (nSPS) is 23.9. The van der Waals surface area contributed by atoms with Crippen molar-refractivity contribution in [2.24, 2.45) is 11.8 Å². The molecule has 0 aromatic carbocycles. The highest BCUT2D eigenvalue weighted by Gasteiger charge is 2.40. The second-order valence-corrected chi connectivity index (χ2v) is 7.32. The molecule has 2 atom stereocenters. The number of likely N-dealkylation sites (tertiary alicyclic amines) is 1. The molecule has 6 nitrogen and oxygen atoms in total. The van der Waals surface area contributed by atoms with Gasteiger partial charge in [-0.2, -0.15) is 0 Å². The van der Waals surface area contributed by atoms with Gasteiger partial charge in [0.05, 0.1) is 0 Å². The molecule has 2 unspecified atom stereocenters. The number of hydrogen-bond acceptors (Lipinski definition) is 6. The van der Waals surface area contributed by atoms with E-state index >= 15 is 0 Å². The van der Waals surface area contributed by atoms with Crippen molar-refractivity contribution in [1.29, 1.82) is 0 Å². The molecule has 0 amide bonds. The van der Waals surface area contributed by atoms with Gasteiger partial charge in [0.1, 0.15) is 18.5 Å². The molecule has 6 heteroatoms. The summed E-state index contributed by atoms with van der Waals surface area (Å²) in [6, 6.07) is 2.16. The molecule has 0 N–H and O–H groups in total. The third-order valence-corrected chi connectivity index (χ3v) is 5.17. The summed E-state index contributed by atoms with van der Waals surface area (Å²) in [5, 5.41) is 0. The predicted octanol–water partition coefficient (Wildman–Crippen LogP) is 1.96. The minimum atomic E-state index is 0.442. The van der Waals surface area contributed by atoms with Crippen molar-refractivity contribution in [2.45, 2.75) is 26.3 Å². The monoisotopic (exact) mass is 324 g/mol. The lowest BCUT2D eigenvalue weighted by atomic mass is 10.0. The summed E-state index contributed by atoms with van der Waals surface area (Å²) < 4.78 is 0. The topological polar surface area (TPSA) is 58.0 Å². The van der Waals surface area contributed by atoms with Crippen molar-refractivity contribution in [3.63, 3.8) is 0 Å². The molecule has 4 heterocycles. The fourth-order valence-electron chi connectivity index (χ4n) is 3.93. The molecular formula is C18H24N6. The Morgan fingerprint density at radius 3 is 2.38 bits per heavy atom. The second kappa shape index (κ2) is 6.43. The fraction of sp³-hybridized carbons (Fsp3) is 0.556. The van der Waals surface area contributed by atoms with Crippen LogP contribution in [0.5, 0.6) is 0 Å². The molecule has 2 aromatic rings. The van der Waals surface area contributed by atoms with E-state index in [0.717, 1.165) is 56.1 Å². The average Bonchev–Trinajstić information content (AvgIpc) is 3.14. The maximum absolute atomic E-state index is 4.50. The van der Waals surface area contributed by atoms with E-state index in [2.05, 4.69) is 49.6 Å². The van der Waals surface area contributed by atoms with Crippen LogP contribution >= 0.6 is 0 Å². The Balaban J connectivity index is 1.38. The van der Waals surface area contributed by atoms with Crippen molar-refractivity contribution in [3.05, 3.63) is 42.4 Å². The number of nitrogens with zero attached hydrogens (tertiary/aromatic N) is 6. The van der Waals surface area contributed by atoms with Crippen molar-refractivity contribution in [1.82, 2.24) is 24.8 Å². The molecule has 2 saturated heterocycles. The number of fused-ring (bicyclic) bond motifs is 1. The molecule has 2 aromatic heterocycles. The van der Waals surface area contributed by atoms with Gasteiger partial charge in [-0.1, -0.05) is 13.8 Å². The Hall–Kier alpha value is -2.08. The van der Waals surface area contributed by atoms with E-state index in [-0.39, 0.29) is 0 Å². The summed E-state index contributed by atoms with van der Waals surface area (Å²) in [5.41, 5.74) is 2.33. The first kappa shape index (κ1) is 15.4. The Morgan fingerprint density at radius 1 is 1.00 bits per heavy atom. The largest absolute Gasteiger partial charge is 0.356 e. The van der Waals surface area contributed by atoms with Gasteiger partial charge in [0, 0.05) is 62.4 Å². The minimum Gasteiger partial charge on any atom is -0.356 e. The first-order valence-electron chi connectivity index (χ1n) is 8.72. The first-order chi connectivity index (χ1) is 11.7. The van der Waals surface area contributed by atoms with Crippen molar-refractivity contribution >= 4 is 5.82 Å². The maximum atomic E-state index is 4.50. The maximum Gasteiger partial charge on any atom is 0.132 e. The molecule has 0 saturated carbocycles. The van der Waals surface area contributed by atoms with Crippen LogP contribution in [0.25, 0.3) is 0 Å². The van der Waals surface area contributed by atoms with Crippen LogP contribution < -0.4 is 4.90 Å². The van der Waals surface area contributed by atoms with Crippen molar-refractivity contribution in [2.75, 3.05) is 31.1 Å². The lowest BCUT2D eigenvalue weighted by molar-refractivity contribution is 0.308. The van der Waals surface area contributed by atoms with E-state index in [4.69, 9.17) is 0 Å². The number of aromatic nitrogens is 4. The second-order valence-electron chi connectivity index (χ2n) is 7.32. The van der Waals surface area contributed by atoms with Gasteiger partial charge in [-0.3, -0.25) is 4.90 Å². The Labute approximate surface area is 143 Å². The molecule has 0 aliphatic carbocycles. The summed E-state index contributed by atoms with van der Waals surface area (Å²) in [4.78, 5) is 22.1. The summed E-state index contributed by atoms with van der Waals surface area (Å²) in [5.74, 6) is 2.99. The van der Waals surface area contributed by atoms with Gasteiger partial charge in [-0.25, -0.2) is 19.9 Å². The molecule has 2 aliphatic heterocycles. The molecule has 0 bridgehead atoms. The van der Waals surface area contributed by atoms with Crippen LogP contribution in [0.1, 0.15) is 31.0 Å². The Kier molecular flexibility index (Phi) is 4.14. The number of anilines is 1. The summed E-state index contributed by atoms with van der Waals surface area (Å²) in [6.07, 6.45) is 7.14. The average molecular weight is 324 g/mol. The SMILES string of the molecule is CC(C)c1cc(N2CC3CN(Cc4cncnc4)CC3C2)ncn1. The van der Waals surface area contributed by atoms with E-state index < -0.39 is 0 Å². The van der Waals surface area contributed by atoms with Crippen LogP contribution in [0, 0.1) is 11.8 Å². The molecule has 0 radical (unpaired) electrons. The third-order valence-electron chi connectivity index (χ3n) is 5.17. The summed E-state index contributed by atoms with van der Waals surface area (Å²) in [7, 11) is 0. The van der Waals surface area contributed by atoms with Gasteiger partial charge >= 0.3 is 0 Å². The fourth-order valence-corrected chi connectivity index (χ4v) is 3.93. The molecule has 126 valence electrons. The molecular weight excluding hydrogens is 300 g/mol. The number of hydrogen-bond donors (Lipinski definition) is 0. The lowest BCUT2D eigenvalue weighted by Gasteiger charge is -2.22. The highest BCUT2D eigenvalue weighted by Crippen LogP contribution is 2.34. The molecule has 24 heavy (non-hydrogen) atoms. The van der Waals surface area contributed by atoms with Crippen molar-refractivity contribution < 1.29 is 0 Å². The van der Waals surface area contributed by atoms with Gasteiger partial charge in [-0.05, 0) is 17.8 Å². The summed E-state index contributed by atoms with van der Waals surface area (Å²) in [6.45, 7) is 9.81. The van der Waals surface area contributed by atoms with E-state index in [1.165, 1.54) is 5.56 Å². The van der Waals surface area contributed by atoms with E-state index in [1.54, 1.807) is 12.7 Å². The van der Waals surface area contributed by atoms with Crippen LogP contribution in [0.15, 0.2) is 31.1 Å². The van der Waals surface area contributed by atoms with Gasteiger partial charge in [0.25, 0.3) is 0 Å². The Bertz CT molecular complexity index is 675. The van der Waals surface area contributed by atoms with E-state index in [0.29, 0.717) is 5.92 Å². The molecule has 0 spiro atoms. The standard InChI is InChI=1S/C18H24N6/c1-13(2)17-3-18(22-12-21-17)24-9-15-7-23(8-16(15)10-24)6-14-4-19-11-20-5-14/h3-5,11-13,15-16H,6-10H2,1-2H3. The van der Waals surface area contributed by atoms with Crippen molar-refractivity contribution in [3.8, 4) is 0 Å². The van der Waals surface area contributed by atoms with Gasteiger partial charge in [0.15, 0.2) is 0 Å². The zero-order chi connectivity index (χ0) is 16.5. The van der Waals surface area contributed by atoms with Crippen LogP contribution in [0.4, 0.5) is 5.82 Å². The zero-order valence-electron chi connectivity index (χ0n) is 14.3.